The van der Waals surface area contributed by atoms with Gasteiger partial charge in [0.15, 0.2) is 0 Å². The van der Waals surface area contributed by atoms with Gasteiger partial charge in [0, 0.05) is 25.7 Å². The molecule has 120 valence electrons. The Morgan fingerprint density at radius 1 is 1.38 bits per heavy atom. The Bertz CT molecular complexity index is 349. The predicted molar refractivity (Wildman–Crippen MR) is 80.1 cm³/mol. The lowest BCUT2D eigenvalue weighted by Gasteiger charge is -2.23. The normalized spacial score (nSPS) is 30.5. The molecule has 2 heterocycles. The summed E-state index contributed by atoms with van der Waals surface area (Å²) >= 11 is 0. The summed E-state index contributed by atoms with van der Waals surface area (Å²) in [4.78, 5) is 12.1. The maximum absolute atomic E-state index is 12.1. The minimum atomic E-state index is 0.260. The van der Waals surface area contributed by atoms with Crippen molar-refractivity contribution < 1.29 is 14.3 Å². The van der Waals surface area contributed by atoms with E-state index in [4.69, 9.17) is 9.47 Å². The van der Waals surface area contributed by atoms with Crippen molar-refractivity contribution in [2.45, 2.75) is 44.6 Å². The van der Waals surface area contributed by atoms with E-state index >= 15 is 0 Å². The quantitative estimate of drug-likeness (QED) is 0.690. The first-order valence-corrected chi connectivity index (χ1v) is 8.48. The van der Waals surface area contributed by atoms with Crippen LogP contribution in [-0.2, 0) is 14.3 Å². The fourth-order valence-corrected chi connectivity index (χ4v) is 3.70. The van der Waals surface area contributed by atoms with Gasteiger partial charge in [-0.15, -0.1) is 0 Å². The molecule has 0 aromatic heterocycles. The Morgan fingerprint density at radius 3 is 3.00 bits per heavy atom. The third kappa shape index (κ3) is 3.96. The highest BCUT2D eigenvalue weighted by atomic mass is 16.5. The second-order valence-corrected chi connectivity index (χ2v) is 6.72. The first-order valence-electron chi connectivity index (χ1n) is 8.48. The molecular formula is C16H28N2O3. The van der Waals surface area contributed by atoms with Gasteiger partial charge in [-0.05, 0) is 57.0 Å². The van der Waals surface area contributed by atoms with Gasteiger partial charge in [-0.3, -0.25) is 4.79 Å². The average Bonchev–Trinajstić information content (AvgIpc) is 2.96. The number of ether oxygens (including phenoxy) is 2. The van der Waals surface area contributed by atoms with E-state index in [1.54, 1.807) is 0 Å². The van der Waals surface area contributed by atoms with Crippen molar-refractivity contribution in [2.75, 3.05) is 39.5 Å². The highest BCUT2D eigenvalue weighted by molar-refractivity contribution is 5.82. The molecule has 1 amide bonds. The summed E-state index contributed by atoms with van der Waals surface area (Å²) in [7, 11) is 0. The van der Waals surface area contributed by atoms with Gasteiger partial charge in [0.25, 0.3) is 0 Å². The van der Waals surface area contributed by atoms with E-state index in [1.165, 1.54) is 0 Å². The summed E-state index contributed by atoms with van der Waals surface area (Å²) in [5, 5.41) is 6.44. The monoisotopic (exact) mass is 296 g/mol. The standard InChI is InChI=1S/C16H28N2O3/c19-15(14-11-16(14)4-7-17-8-5-16)18-6-2-9-20-12-13-3-1-10-21-13/h13-14,17H,1-12H2,(H,18,19). The highest BCUT2D eigenvalue weighted by Crippen LogP contribution is 2.58. The van der Waals surface area contributed by atoms with Crippen LogP contribution in [0.1, 0.15) is 38.5 Å². The maximum Gasteiger partial charge on any atom is 0.223 e. The van der Waals surface area contributed by atoms with E-state index in [-0.39, 0.29) is 11.8 Å². The van der Waals surface area contributed by atoms with E-state index in [2.05, 4.69) is 10.6 Å². The summed E-state index contributed by atoms with van der Waals surface area (Å²) in [6.45, 7) is 5.16. The van der Waals surface area contributed by atoms with E-state index in [1.807, 2.05) is 0 Å². The van der Waals surface area contributed by atoms with Crippen LogP contribution in [-0.4, -0.2) is 51.5 Å². The van der Waals surface area contributed by atoms with Gasteiger partial charge < -0.3 is 20.1 Å². The third-order valence-electron chi connectivity index (χ3n) is 5.20. The number of amides is 1. The fourth-order valence-electron chi connectivity index (χ4n) is 3.70. The zero-order chi connectivity index (χ0) is 14.5. The van der Waals surface area contributed by atoms with Crippen LogP contribution in [0, 0.1) is 11.3 Å². The Hall–Kier alpha value is -0.650. The predicted octanol–water partition coefficient (Wildman–Crippen LogP) is 1.08. The zero-order valence-electron chi connectivity index (χ0n) is 12.9. The lowest BCUT2D eigenvalue weighted by atomic mass is 9.92. The summed E-state index contributed by atoms with van der Waals surface area (Å²) in [5.41, 5.74) is 0.339. The molecule has 1 aliphatic carbocycles. The molecule has 0 bridgehead atoms. The number of piperidine rings is 1. The van der Waals surface area contributed by atoms with Gasteiger partial charge in [0.2, 0.25) is 5.91 Å². The van der Waals surface area contributed by atoms with Gasteiger partial charge in [0.1, 0.15) is 0 Å². The average molecular weight is 296 g/mol. The molecule has 2 saturated heterocycles. The van der Waals surface area contributed by atoms with Crippen molar-refractivity contribution in [3.8, 4) is 0 Å². The maximum atomic E-state index is 12.1. The molecule has 0 aromatic carbocycles. The fraction of sp³-hybridized carbons (Fsp3) is 0.938. The second kappa shape index (κ2) is 7.07. The van der Waals surface area contributed by atoms with Crippen molar-refractivity contribution in [3.63, 3.8) is 0 Å². The van der Waals surface area contributed by atoms with Crippen molar-refractivity contribution in [1.29, 1.82) is 0 Å². The summed E-state index contributed by atoms with van der Waals surface area (Å²) in [5.74, 6) is 0.531. The van der Waals surface area contributed by atoms with Gasteiger partial charge >= 0.3 is 0 Å². The van der Waals surface area contributed by atoms with Gasteiger partial charge in [0.05, 0.1) is 12.7 Å². The van der Waals surface area contributed by atoms with Gasteiger partial charge in [-0.25, -0.2) is 0 Å². The van der Waals surface area contributed by atoms with Crippen LogP contribution >= 0.6 is 0 Å². The Morgan fingerprint density at radius 2 is 2.24 bits per heavy atom. The van der Waals surface area contributed by atoms with E-state index in [9.17, 15) is 4.79 Å². The molecule has 2 unspecified atom stereocenters. The van der Waals surface area contributed by atoms with Crippen LogP contribution in [0.25, 0.3) is 0 Å². The van der Waals surface area contributed by atoms with Crippen molar-refractivity contribution in [1.82, 2.24) is 10.6 Å². The number of carbonyl (C=O) groups excluding carboxylic acids is 1. The topological polar surface area (TPSA) is 59.6 Å². The van der Waals surface area contributed by atoms with Crippen LogP contribution < -0.4 is 10.6 Å². The van der Waals surface area contributed by atoms with Crippen molar-refractivity contribution >= 4 is 5.91 Å². The van der Waals surface area contributed by atoms with E-state index in [0.29, 0.717) is 24.7 Å². The third-order valence-corrected chi connectivity index (χ3v) is 5.20. The van der Waals surface area contributed by atoms with Crippen LogP contribution in [0.15, 0.2) is 0 Å². The summed E-state index contributed by atoms with van der Waals surface area (Å²) < 4.78 is 11.1. The molecule has 5 nitrogen and oxygen atoms in total. The molecule has 2 atom stereocenters. The number of hydrogen-bond donors (Lipinski definition) is 2. The highest BCUT2D eigenvalue weighted by Gasteiger charge is 2.57. The molecule has 3 aliphatic rings. The Labute approximate surface area is 127 Å². The van der Waals surface area contributed by atoms with Crippen molar-refractivity contribution in [3.05, 3.63) is 0 Å². The molecule has 21 heavy (non-hydrogen) atoms. The minimum absolute atomic E-state index is 0.260. The number of rotatable bonds is 7. The minimum Gasteiger partial charge on any atom is -0.379 e. The molecular weight excluding hydrogens is 268 g/mol. The molecule has 3 rings (SSSR count). The first kappa shape index (κ1) is 15.3. The van der Waals surface area contributed by atoms with Crippen LogP contribution in [0.4, 0.5) is 0 Å². The summed E-state index contributed by atoms with van der Waals surface area (Å²) in [6.07, 6.45) is 6.88. The van der Waals surface area contributed by atoms with Gasteiger partial charge in [-0.2, -0.15) is 0 Å². The largest absolute Gasteiger partial charge is 0.379 e. The Balaban J connectivity index is 1.22. The summed E-state index contributed by atoms with van der Waals surface area (Å²) in [6, 6.07) is 0. The zero-order valence-corrected chi connectivity index (χ0v) is 12.9. The van der Waals surface area contributed by atoms with Crippen molar-refractivity contribution in [2.24, 2.45) is 11.3 Å². The van der Waals surface area contributed by atoms with Crippen LogP contribution in [0.5, 0.6) is 0 Å². The molecule has 5 heteroatoms. The first-order chi connectivity index (χ1) is 10.3. The lowest BCUT2D eigenvalue weighted by Crippen LogP contribution is -2.34. The molecule has 0 aromatic rings. The molecule has 1 saturated carbocycles. The molecule has 2 N–H and O–H groups in total. The second-order valence-electron chi connectivity index (χ2n) is 6.72. The van der Waals surface area contributed by atoms with E-state index in [0.717, 1.165) is 64.8 Å². The Kier molecular flexibility index (Phi) is 5.14. The number of nitrogens with one attached hydrogen (secondary N) is 2. The molecule has 2 aliphatic heterocycles. The van der Waals surface area contributed by atoms with Crippen LogP contribution in [0.2, 0.25) is 0 Å². The lowest BCUT2D eigenvalue weighted by molar-refractivity contribution is -0.123. The van der Waals surface area contributed by atoms with Gasteiger partial charge in [-0.1, -0.05) is 0 Å². The molecule has 3 fully saturated rings. The smallest absolute Gasteiger partial charge is 0.223 e. The number of hydrogen-bond acceptors (Lipinski definition) is 4. The molecule has 1 spiro atoms. The SMILES string of the molecule is O=C(NCCCOCC1CCCO1)C1CC12CCNCC2. The number of carbonyl (C=O) groups is 1. The molecule has 0 radical (unpaired) electrons. The van der Waals surface area contributed by atoms with Crippen LogP contribution in [0.3, 0.4) is 0 Å². The van der Waals surface area contributed by atoms with E-state index < -0.39 is 0 Å².